The Kier molecular flexibility index (Phi) is 4.19. The van der Waals surface area contributed by atoms with E-state index in [0.29, 0.717) is 17.7 Å². The van der Waals surface area contributed by atoms with Gasteiger partial charge in [0.25, 0.3) is 5.91 Å². The molecular formula is C11H18N2O3S2. The highest BCUT2D eigenvalue weighted by Crippen LogP contribution is 2.25. The van der Waals surface area contributed by atoms with E-state index in [2.05, 4.69) is 5.32 Å². The van der Waals surface area contributed by atoms with Gasteiger partial charge in [0.15, 0.2) is 0 Å². The van der Waals surface area contributed by atoms with Crippen LogP contribution in [0.3, 0.4) is 0 Å². The summed E-state index contributed by atoms with van der Waals surface area (Å²) in [6, 6.07) is 0. The van der Waals surface area contributed by atoms with Crippen molar-refractivity contribution in [1.82, 2.24) is 5.32 Å². The van der Waals surface area contributed by atoms with E-state index in [9.17, 15) is 13.2 Å². The number of amides is 1. The third-order valence-electron chi connectivity index (χ3n) is 2.28. The molecule has 5 nitrogen and oxygen atoms in total. The summed E-state index contributed by atoms with van der Waals surface area (Å²) in [6.45, 7) is 8.12. The van der Waals surface area contributed by atoms with Crippen LogP contribution in [0.15, 0.2) is 9.59 Å². The highest BCUT2D eigenvalue weighted by atomic mass is 32.2. The van der Waals surface area contributed by atoms with Crippen molar-refractivity contribution < 1.29 is 13.2 Å². The van der Waals surface area contributed by atoms with Crippen molar-refractivity contribution in [2.45, 2.75) is 31.9 Å². The lowest BCUT2D eigenvalue weighted by Gasteiger charge is -2.18. The molecule has 0 aromatic carbocycles. The number of sulfonamides is 1. The summed E-state index contributed by atoms with van der Waals surface area (Å²) in [6.07, 6.45) is 0. The molecule has 0 saturated heterocycles. The van der Waals surface area contributed by atoms with Crippen molar-refractivity contribution in [3.63, 3.8) is 0 Å². The maximum Gasteiger partial charge on any atom is 0.252 e. The minimum absolute atomic E-state index is 0.0254. The molecule has 1 aromatic rings. The van der Waals surface area contributed by atoms with Crippen molar-refractivity contribution in [1.29, 1.82) is 0 Å². The summed E-state index contributed by atoms with van der Waals surface area (Å²) in [5.74, 6) is -0.270. The van der Waals surface area contributed by atoms with Gasteiger partial charge in [0, 0.05) is 11.9 Å². The van der Waals surface area contributed by atoms with Crippen LogP contribution in [0.25, 0.3) is 0 Å². The van der Waals surface area contributed by atoms with Crippen LogP contribution < -0.4 is 10.5 Å². The Balaban J connectivity index is 2.93. The summed E-state index contributed by atoms with van der Waals surface area (Å²) in [5.41, 5.74) is 0.754. The van der Waals surface area contributed by atoms with Gasteiger partial charge in [-0.25, -0.2) is 13.6 Å². The summed E-state index contributed by atoms with van der Waals surface area (Å²) >= 11 is 0.971. The van der Waals surface area contributed by atoms with Crippen molar-refractivity contribution in [3.05, 3.63) is 16.5 Å². The number of carbonyl (C=O) groups is 1. The van der Waals surface area contributed by atoms with E-state index in [1.54, 1.807) is 6.92 Å². The van der Waals surface area contributed by atoms with Gasteiger partial charge in [-0.3, -0.25) is 4.79 Å². The Morgan fingerprint density at radius 1 is 1.44 bits per heavy atom. The lowest BCUT2D eigenvalue weighted by molar-refractivity contribution is 0.0939. The first kappa shape index (κ1) is 15.1. The molecule has 7 heteroatoms. The Bertz CT molecular complexity index is 553. The van der Waals surface area contributed by atoms with Crippen molar-refractivity contribution in [2.24, 2.45) is 10.6 Å². The van der Waals surface area contributed by atoms with Gasteiger partial charge in [0.1, 0.15) is 4.21 Å². The fourth-order valence-electron chi connectivity index (χ4n) is 1.34. The highest BCUT2D eigenvalue weighted by molar-refractivity contribution is 7.91. The molecule has 18 heavy (non-hydrogen) atoms. The quantitative estimate of drug-likeness (QED) is 0.883. The molecule has 0 atom stereocenters. The molecule has 102 valence electrons. The largest absolute Gasteiger partial charge is 0.351 e. The lowest BCUT2D eigenvalue weighted by atomic mass is 9.97. The van der Waals surface area contributed by atoms with E-state index in [1.807, 2.05) is 20.8 Å². The van der Waals surface area contributed by atoms with Crippen molar-refractivity contribution >= 4 is 27.3 Å². The zero-order valence-corrected chi connectivity index (χ0v) is 12.5. The molecule has 0 fully saturated rings. The average molecular weight is 290 g/mol. The first-order valence-corrected chi connectivity index (χ1v) is 7.84. The molecular weight excluding hydrogens is 272 g/mol. The Morgan fingerprint density at radius 3 is 2.39 bits per heavy atom. The van der Waals surface area contributed by atoms with Crippen LogP contribution in [-0.2, 0) is 10.0 Å². The molecule has 1 amide bonds. The summed E-state index contributed by atoms with van der Waals surface area (Å²) in [7, 11) is -3.75. The first-order valence-electron chi connectivity index (χ1n) is 5.41. The SMILES string of the molecule is Cc1c(C(=O)NCC(C)(C)C)csc1S(N)(=O)=O. The third kappa shape index (κ3) is 3.79. The number of nitrogens with one attached hydrogen (secondary N) is 1. The minimum atomic E-state index is -3.75. The van der Waals surface area contributed by atoms with Crippen molar-refractivity contribution in [3.8, 4) is 0 Å². The van der Waals surface area contributed by atoms with E-state index in [0.717, 1.165) is 11.3 Å². The van der Waals surface area contributed by atoms with Crippen molar-refractivity contribution in [2.75, 3.05) is 6.54 Å². The predicted octanol–water partition coefficient (Wildman–Crippen LogP) is 1.48. The number of primary sulfonamides is 1. The minimum Gasteiger partial charge on any atom is -0.351 e. The third-order valence-corrected chi connectivity index (χ3v) is 4.96. The molecule has 0 saturated carbocycles. The molecule has 0 aliphatic heterocycles. The second kappa shape index (κ2) is 4.99. The number of hydrogen-bond donors (Lipinski definition) is 2. The van der Waals surface area contributed by atoms with Crippen LogP contribution in [0.4, 0.5) is 0 Å². The van der Waals surface area contributed by atoms with E-state index in [1.165, 1.54) is 5.38 Å². The Hall–Kier alpha value is -0.920. The molecule has 1 heterocycles. The van der Waals surface area contributed by atoms with Gasteiger partial charge in [-0.15, -0.1) is 11.3 Å². The second-order valence-corrected chi connectivity index (χ2v) is 7.99. The van der Waals surface area contributed by atoms with Gasteiger partial charge in [-0.2, -0.15) is 0 Å². The van der Waals surface area contributed by atoms with E-state index in [4.69, 9.17) is 5.14 Å². The smallest absolute Gasteiger partial charge is 0.252 e. The second-order valence-electron chi connectivity index (χ2n) is 5.35. The standard InChI is InChI=1S/C11H18N2O3S2/c1-7-8(5-17-10(7)18(12,15)16)9(14)13-6-11(2,3)4/h5H,6H2,1-4H3,(H,13,14)(H2,12,15,16). The van der Waals surface area contributed by atoms with Crippen LogP contribution in [0.5, 0.6) is 0 Å². The fraction of sp³-hybridized carbons (Fsp3) is 0.545. The van der Waals surface area contributed by atoms with Gasteiger partial charge in [-0.1, -0.05) is 20.8 Å². The molecule has 1 aromatic heterocycles. The number of carbonyl (C=O) groups excluding carboxylic acids is 1. The number of hydrogen-bond acceptors (Lipinski definition) is 4. The molecule has 0 unspecified atom stereocenters. The maximum atomic E-state index is 11.9. The normalized spacial score (nSPS) is 12.5. The van der Waals surface area contributed by atoms with E-state index >= 15 is 0 Å². The first-order chi connectivity index (χ1) is 8.02. The van der Waals surface area contributed by atoms with Gasteiger partial charge < -0.3 is 5.32 Å². The van der Waals surface area contributed by atoms with Crippen LogP contribution in [0.2, 0.25) is 0 Å². The maximum absolute atomic E-state index is 11.9. The van der Waals surface area contributed by atoms with Crippen LogP contribution in [0, 0.1) is 12.3 Å². The monoisotopic (exact) mass is 290 g/mol. The van der Waals surface area contributed by atoms with Crippen LogP contribution >= 0.6 is 11.3 Å². The molecule has 1 rings (SSSR count). The highest BCUT2D eigenvalue weighted by Gasteiger charge is 2.21. The molecule has 0 radical (unpaired) electrons. The number of thiophene rings is 1. The van der Waals surface area contributed by atoms with E-state index < -0.39 is 10.0 Å². The summed E-state index contributed by atoms with van der Waals surface area (Å²) < 4.78 is 22.6. The number of rotatable bonds is 3. The predicted molar refractivity (Wildman–Crippen MR) is 72.2 cm³/mol. The van der Waals surface area contributed by atoms with Gasteiger partial charge >= 0.3 is 0 Å². The lowest BCUT2D eigenvalue weighted by Crippen LogP contribution is -2.32. The molecule has 3 N–H and O–H groups in total. The topological polar surface area (TPSA) is 89.3 Å². The van der Waals surface area contributed by atoms with Gasteiger partial charge in [0.2, 0.25) is 10.0 Å². The summed E-state index contributed by atoms with van der Waals surface area (Å²) in [5, 5.41) is 9.36. The fourth-order valence-corrected chi connectivity index (χ4v) is 3.36. The zero-order chi connectivity index (χ0) is 14.1. The molecule has 0 spiro atoms. The zero-order valence-electron chi connectivity index (χ0n) is 10.9. The van der Waals surface area contributed by atoms with E-state index in [-0.39, 0.29) is 15.5 Å². The summed E-state index contributed by atoms with van der Waals surface area (Å²) in [4.78, 5) is 11.9. The van der Waals surface area contributed by atoms with Gasteiger partial charge in [0.05, 0.1) is 5.56 Å². The molecule has 0 aliphatic rings. The van der Waals surface area contributed by atoms with Crippen LogP contribution in [-0.4, -0.2) is 20.9 Å². The molecule has 0 bridgehead atoms. The Labute approximate surface area is 111 Å². The van der Waals surface area contributed by atoms with Gasteiger partial charge in [-0.05, 0) is 17.9 Å². The molecule has 0 aliphatic carbocycles. The average Bonchev–Trinajstić information content (AvgIpc) is 2.54. The Morgan fingerprint density at radius 2 is 2.00 bits per heavy atom. The number of nitrogens with two attached hydrogens (primary N) is 1. The van der Waals surface area contributed by atoms with Crippen LogP contribution in [0.1, 0.15) is 36.7 Å².